The van der Waals surface area contributed by atoms with Crippen molar-refractivity contribution in [1.82, 2.24) is 0 Å². The SMILES string of the molecule is CCCC(=O)Oc1c(OC)cc(C)cc1OC. The molecule has 0 saturated heterocycles. The van der Waals surface area contributed by atoms with Gasteiger partial charge in [0, 0.05) is 6.42 Å². The molecule has 0 unspecified atom stereocenters. The molecular formula is C13H18O4. The molecule has 17 heavy (non-hydrogen) atoms. The van der Waals surface area contributed by atoms with Gasteiger partial charge in [-0.3, -0.25) is 4.79 Å². The normalized spacial score (nSPS) is 9.88. The number of carbonyl (C=O) groups is 1. The van der Waals surface area contributed by atoms with E-state index in [-0.39, 0.29) is 5.97 Å². The highest BCUT2D eigenvalue weighted by Gasteiger charge is 2.16. The Morgan fingerprint density at radius 2 is 1.71 bits per heavy atom. The van der Waals surface area contributed by atoms with Gasteiger partial charge in [0.25, 0.3) is 0 Å². The first kappa shape index (κ1) is 13.4. The number of carbonyl (C=O) groups excluding carboxylic acids is 1. The average Bonchev–Trinajstić information content (AvgIpc) is 2.31. The molecule has 4 nitrogen and oxygen atoms in total. The number of hydrogen-bond acceptors (Lipinski definition) is 4. The molecule has 0 aromatic heterocycles. The molecule has 0 amide bonds. The number of methoxy groups -OCH3 is 2. The van der Waals surface area contributed by atoms with E-state index in [0.717, 1.165) is 12.0 Å². The summed E-state index contributed by atoms with van der Waals surface area (Å²) in [5, 5.41) is 0. The van der Waals surface area contributed by atoms with Gasteiger partial charge in [0.05, 0.1) is 14.2 Å². The first-order chi connectivity index (χ1) is 8.12. The van der Waals surface area contributed by atoms with Gasteiger partial charge in [-0.1, -0.05) is 6.92 Å². The van der Waals surface area contributed by atoms with E-state index in [4.69, 9.17) is 14.2 Å². The van der Waals surface area contributed by atoms with E-state index in [0.29, 0.717) is 23.7 Å². The van der Waals surface area contributed by atoms with Crippen molar-refractivity contribution in [3.05, 3.63) is 17.7 Å². The predicted octanol–water partition coefficient (Wildman–Crippen LogP) is 2.72. The lowest BCUT2D eigenvalue weighted by molar-refractivity contribution is -0.134. The van der Waals surface area contributed by atoms with Crippen LogP contribution in [0.25, 0.3) is 0 Å². The lowest BCUT2D eigenvalue weighted by Crippen LogP contribution is -2.09. The Kier molecular flexibility index (Phi) is 4.82. The zero-order valence-electron chi connectivity index (χ0n) is 10.7. The third kappa shape index (κ3) is 3.37. The number of aryl methyl sites for hydroxylation is 1. The maximum absolute atomic E-state index is 11.5. The van der Waals surface area contributed by atoms with Crippen LogP contribution in [0.1, 0.15) is 25.3 Å². The van der Waals surface area contributed by atoms with Gasteiger partial charge in [0.15, 0.2) is 11.5 Å². The molecule has 0 aliphatic carbocycles. The van der Waals surface area contributed by atoms with E-state index in [2.05, 4.69) is 0 Å². The van der Waals surface area contributed by atoms with Crippen molar-refractivity contribution in [2.75, 3.05) is 14.2 Å². The molecule has 0 aliphatic heterocycles. The second-order valence-electron chi connectivity index (χ2n) is 3.72. The number of rotatable bonds is 5. The van der Waals surface area contributed by atoms with Gasteiger partial charge in [0.2, 0.25) is 5.75 Å². The summed E-state index contributed by atoms with van der Waals surface area (Å²) < 4.78 is 15.6. The Labute approximate surface area is 101 Å². The molecule has 0 bridgehead atoms. The highest BCUT2D eigenvalue weighted by molar-refractivity contribution is 5.74. The van der Waals surface area contributed by atoms with Crippen molar-refractivity contribution >= 4 is 5.97 Å². The minimum atomic E-state index is -0.284. The summed E-state index contributed by atoms with van der Waals surface area (Å²) in [6, 6.07) is 3.61. The van der Waals surface area contributed by atoms with Crippen LogP contribution in [0.2, 0.25) is 0 Å². The Balaban J connectivity index is 3.06. The summed E-state index contributed by atoms with van der Waals surface area (Å²) >= 11 is 0. The Bertz CT molecular complexity index is 373. The lowest BCUT2D eigenvalue weighted by atomic mass is 10.2. The van der Waals surface area contributed by atoms with E-state index in [1.807, 2.05) is 13.8 Å². The van der Waals surface area contributed by atoms with Crippen LogP contribution in [0.5, 0.6) is 17.2 Å². The first-order valence-corrected chi connectivity index (χ1v) is 5.55. The first-order valence-electron chi connectivity index (χ1n) is 5.55. The van der Waals surface area contributed by atoms with Crippen LogP contribution >= 0.6 is 0 Å². The van der Waals surface area contributed by atoms with Gasteiger partial charge in [-0.05, 0) is 31.0 Å². The van der Waals surface area contributed by atoms with Gasteiger partial charge in [-0.2, -0.15) is 0 Å². The largest absolute Gasteiger partial charge is 0.493 e. The van der Waals surface area contributed by atoms with E-state index in [1.165, 1.54) is 14.2 Å². The van der Waals surface area contributed by atoms with Crippen LogP contribution in [0.15, 0.2) is 12.1 Å². The fourth-order valence-corrected chi connectivity index (χ4v) is 1.48. The molecule has 1 aromatic rings. The molecule has 4 heteroatoms. The molecule has 0 heterocycles. The van der Waals surface area contributed by atoms with E-state index >= 15 is 0 Å². The fraction of sp³-hybridized carbons (Fsp3) is 0.462. The van der Waals surface area contributed by atoms with Crippen LogP contribution in [-0.2, 0) is 4.79 Å². The molecule has 0 radical (unpaired) electrons. The average molecular weight is 238 g/mol. The smallest absolute Gasteiger partial charge is 0.311 e. The summed E-state index contributed by atoms with van der Waals surface area (Å²) in [5.41, 5.74) is 0.981. The molecule has 0 fully saturated rings. The topological polar surface area (TPSA) is 44.8 Å². The number of hydrogen-bond donors (Lipinski definition) is 0. The zero-order chi connectivity index (χ0) is 12.8. The third-order valence-electron chi connectivity index (χ3n) is 2.27. The van der Waals surface area contributed by atoms with Crippen molar-refractivity contribution in [3.8, 4) is 17.2 Å². The Hall–Kier alpha value is -1.71. The summed E-state index contributed by atoms with van der Waals surface area (Å²) in [6.07, 6.45) is 1.12. The molecule has 0 N–H and O–H groups in total. The summed E-state index contributed by atoms with van der Waals surface area (Å²) in [5.74, 6) is 1.07. The summed E-state index contributed by atoms with van der Waals surface area (Å²) in [7, 11) is 3.07. The molecule has 1 rings (SSSR count). The maximum Gasteiger partial charge on any atom is 0.311 e. The second kappa shape index (κ2) is 6.13. The lowest BCUT2D eigenvalue weighted by Gasteiger charge is -2.13. The summed E-state index contributed by atoms with van der Waals surface area (Å²) in [6.45, 7) is 3.84. The van der Waals surface area contributed by atoms with Crippen LogP contribution in [0.4, 0.5) is 0 Å². The van der Waals surface area contributed by atoms with Gasteiger partial charge >= 0.3 is 5.97 Å². The fourth-order valence-electron chi connectivity index (χ4n) is 1.48. The maximum atomic E-state index is 11.5. The van der Waals surface area contributed by atoms with Crippen LogP contribution < -0.4 is 14.2 Å². The van der Waals surface area contributed by atoms with Crippen molar-refractivity contribution < 1.29 is 19.0 Å². The van der Waals surface area contributed by atoms with Gasteiger partial charge in [0.1, 0.15) is 0 Å². The molecule has 0 spiro atoms. The Morgan fingerprint density at radius 3 is 2.12 bits per heavy atom. The van der Waals surface area contributed by atoms with Crippen molar-refractivity contribution in [1.29, 1.82) is 0 Å². The van der Waals surface area contributed by atoms with Gasteiger partial charge < -0.3 is 14.2 Å². The predicted molar refractivity (Wildman–Crippen MR) is 64.8 cm³/mol. The molecule has 0 atom stereocenters. The molecule has 1 aromatic carbocycles. The minimum Gasteiger partial charge on any atom is -0.493 e. The third-order valence-corrected chi connectivity index (χ3v) is 2.27. The van der Waals surface area contributed by atoms with Crippen molar-refractivity contribution in [3.63, 3.8) is 0 Å². The highest BCUT2D eigenvalue weighted by Crippen LogP contribution is 2.38. The zero-order valence-corrected chi connectivity index (χ0v) is 10.7. The second-order valence-corrected chi connectivity index (χ2v) is 3.72. The highest BCUT2D eigenvalue weighted by atomic mass is 16.6. The standard InChI is InChI=1S/C13H18O4/c1-5-6-12(14)17-13-10(15-3)7-9(2)8-11(13)16-4/h7-8H,5-6H2,1-4H3. The van der Waals surface area contributed by atoms with Gasteiger partial charge in [-0.25, -0.2) is 0 Å². The number of benzene rings is 1. The minimum absolute atomic E-state index is 0.284. The van der Waals surface area contributed by atoms with Crippen molar-refractivity contribution in [2.45, 2.75) is 26.7 Å². The quantitative estimate of drug-likeness (QED) is 0.584. The van der Waals surface area contributed by atoms with E-state index < -0.39 is 0 Å². The monoisotopic (exact) mass is 238 g/mol. The molecule has 94 valence electrons. The van der Waals surface area contributed by atoms with Crippen molar-refractivity contribution in [2.24, 2.45) is 0 Å². The Morgan fingerprint density at radius 1 is 1.18 bits per heavy atom. The van der Waals surface area contributed by atoms with Crippen LogP contribution in [-0.4, -0.2) is 20.2 Å². The van der Waals surface area contributed by atoms with Crippen LogP contribution in [0, 0.1) is 6.92 Å². The molecule has 0 saturated carbocycles. The summed E-state index contributed by atoms with van der Waals surface area (Å²) in [4.78, 5) is 11.5. The molecule has 0 aliphatic rings. The van der Waals surface area contributed by atoms with E-state index in [1.54, 1.807) is 12.1 Å². The van der Waals surface area contributed by atoms with Crippen LogP contribution in [0.3, 0.4) is 0 Å². The number of ether oxygens (including phenoxy) is 3. The van der Waals surface area contributed by atoms with Gasteiger partial charge in [-0.15, -0.1) is 0 Å². The number of esters is 1. The van der Waals surface area contributed by atoms with E-state index in [9.17, 15) is 4.79 Å². The molecular weight excluding hydrogens is 220 g/mol.